The molecule has 0 saturated heterocycles. The molecule has 1 amide bonds. The van der Waals surface area contributed by atoms with Crippen molar-refractivity contribution in [3.05, 3.63) is 46.2 Å². The summed E-state index contributed by atoms with van der Waals surface area (Å²) in [5.41, 5.74) is 0.668. The van der Waals surface area contributed by atoms with Crippen molar-refractivity contribution in [3.63, 3.8) is 0 Å². The van der Waals surface area contributed by atoms with Crippen LogP contribution in [0.1, 0.15) is 14.5 Å². The van der Waals surface area contributed by atoms with Gasteiger partial charge < -0.3 is 15.2 Å². The van der Waals surface area contributed by atoms with Gasteiger partial charge in [0.05, 0.1) is 0 Å². The number of amides is 1. The lowest BCUT2D eigenvalue weighted by Crippen LogP contribution is -2.20. The summed E-state index contributed by atoms with van der Waals surface area (Å²) in [5, 5.41) is 11.7. The summed E-state index contributed by atoms with van der Waals surface area (Å²) in [6, 6.07) is 10.6. The minimum absolute atomic E-state index is 0.106. The highest BCUT2D eigenvalue weighted by atomic mass is 32.1. The van der Waals surface area contributed by atoms with Crippen molar-refractivity contribution in [3.8, 4) is 5.75 Å². The number of benzene rings is 1. The van der Waals surface area contributed by atoms with Gasteiger partial charge in [0.15, 0.2) is 11.5 Å². The maximum atomic E-state index is 11.7. The Labute approximate surface area is 119 Å². The van der Waals surface area contributed by atoms with E-state index in [9.17, 15) is 9.59 Å². The zero-order valence-corrected chi connectivity index (χ0v) is 11.6. The van der Waals surface area contributed by atoms with Crippen molar-refractivity contribution >= 4 is 28.9 Å². The average molecular weight is 291 g/mol. The van der Waals surface area contributed by atoms with Crippen molar-refractivity contribution in [2.24, 2.45) is 0 Å². The number of hydrogen-bond acceptors (Lipinski definition) is 4. The first-order valence-corrected chi connectivity index (χ1v) is 6.69. The van der Waals surface area contributed by atoms with Gasteiger partial charge in [0, 0.05) is 10.6 Å². The van der Waals surface area contributed by atoms with E-state index in [2.05, 4.69) is 5.32 Å². The summed E-state index contributed by atoms with van der Waals surface area (Å²) in [7, 11) is 0. The fourth-order valence-electron chi connectivity index (χ4n) is 1.61. The monoisotopic (exact) mass is 291 g/mol. The third-order valence-electron chi connectivity index (χ3n) is 2.43. The smallest absolute Gasteiger partial charge is 0.349 e. The summed E-state index contributed by atoms with van der Waals surface area (Å²) in [6.07, 6.45) is 0. The third-order valence-corrected chi connectivity index (χ3v) is 3.45. The Kier molecular flexibility index (Phi) is 4.37. The molecule has 1 aromatic carbocycles. The maximum absolute atomic E-state index is 11.7. The van der Waals surface area contributed by atoms with Gasteiger partial charge >= 0.3 is 5.97 Å². The first kappa shape index (κ1) is 14.1. The van der Waals surface area contributed by atoms with E-state index in [1.54, 1.807) is 37.3 Å². The van der Waals surface area contributed by atoms with Gasteiger partial charge in [-0.2, -0.15) is 0 Å². The maximum Gasteiger partial charge on any atom is 0.349 e. The number of para-hydroxylation sites is 1. The summed E-state index contributed by atoms with van der Waals surface area (Å²) in [5.74, 6) is -1.17. The second-order valence-corrected chi connectivity index (χ2v) is 5.31. The zero-order valence-electron chi connectivity index (χ0n) is 10.8. The Hall–Kier alpha value is -2.34. The SMILES string of the molecule is Cc1cc(OCC(=O)Nc2ccccc2)c(C(=O)O)s1. The van der Waals surface area contributed by atoms with E-state index in [1.165, 1.54) is 0 Å². The first-order valence-electron chi connectivity index (χ1n) is 5.87. The Morgan fingerprint density at radius 1 is 1.30 bits per heavy atom. The molecule has 0 aliphatic carbocycles. The number of aryl methyl sites for hydroxylation is 1. The number of aromatic carboxylic acids is 1. The Morgan fingerprint density at radius 3 is 2.65 bits per heavy atom. The number of carboxylic acids is 1. The van der Waals surface area contributed by atoms with Crippen LogP contribution in [0.2, 0.25) is 0 Å². The van der Waals surface area contributed by atoms with E-state index in [1.807, 2.05) is 6.07 Å². The van der Waals surface area contributed by atoms with Gasteiger partial charge in [-0.1, -0.05) is 18.2 Å². The number of rotatable bonds is 5. The predicted molar refractivity (Wildman–Crippen MR) is 76.6 cm³/mol. The molecule has 2 rings (SSSR count). The highest BCUT2D eigenvalue weighted by Gasteiger charge is 2.16. The summed E-state index contributed by atoms with van der Waals surface area (Å²) in [4.78, 5) is 23.6. The fraction of sp³-hybridized carbons (Fsp3) is 0.143. The van der Waals surface area contributed by atoms with Crippen molar-refractivity contribution in [2.45, 2.75) is 6.92 Å². The number of nitrogens with one attached hydrogen (secondary N) is 1. The van der Waals surface area contributed by atoms with Crippen LogP contribution in [0.4, 0.5) is 5.69 Å². The van der Waals surface area contributed by atoms with Crippen molar-refractivity contribution in [1.29, 1.82) is 0 Å². The highest BCUT2D eigenvalue weighted by Crippen LogP contribution is 2.28. The van der Waals surface area contributed by atoms with Crippen molar-refractivity contribution in [1.82, 2.24) is 0 Å². The lowest BCUT2D eigenvalue weighted by atomic mass is 10.3. The molecule has 1 aromatic heterocycles. The van der Waals surface area contributed by atoms with E-state index in [-0.39, 0.29) is 23.1 Å². The van der Waals surface area contributed by atoms with Gasteiger partial charge in [0.25, 0.3) is 5.91 Å². The number of ether oxygens (including phenoxy) is 1. The summed E-state index contributed by atoms with van der Waals surface area (Å²) in [6.45, 7) is 1.55. The lowest BCUT2D eigenvalue weighted by molar-refractivity contribution is -0.118. The van der Waals surface area contributed by atoms with Crippen LogP contribution in [-0.2, 0) is 4.79 Å². The van der Waals surface area contributed by atoms with Gasteiger partial charge in [-0.25, -0.2) is 4.79 Å². The van der Waals surface area contributed by atoms with Crippen LogP contribution >= 0.6 is 11.3 Å². The number of carbonyl (C=O) groups excluding carboxylic acids is 1. The predicted octanol–water partition coefficient (Wildman–Crippen LogP) is 2.77. The number of hydrogen-bond donors (Lipinski definition) is 2. The van der Waals surface area contributed by atoms with Crippen LogP contribution in [0, 0.1) is 6.92 Å². The molecule has 0 unspecified atom stereocenters. The van der Waals surface area contributed by atoms with E-state index < -0.39 is 5.97 Å². The standard InChI is InChI=1S/C14H13NO4S/c1-9-7-11(13(20-9)14(17)18)19-8-12(16)15-10-5-3-2-4-6-10/h2-7H,8H2,1H3,(H,15,16)(H,17,18). The van der Waals surface area contributed by atoms with E-state index in [0.717, 1.165) is 16.2 Å². The molecule has 0 atom stereocenters. The Bertz CT molecular complexity index is 621. The van der Waals surface area contributed by atoms with E-state index >= 15 is 0 Å². The summed E-state index contributed by atoms with van der Waals surface area (Å²) < 4.78 is 5.27. The molecule has 0 aliphatic rings. The number of carbonyl (C=O) groups is 2. The topological polar surface area (TPSA) is 75.6 Å². The van der Waals surface area contributed by atoms with Gasteiger partial charge in [-0.05, 0) is 25.1 Å². The van der Waals surface area contributed by atoms with Crippen molar-refractivity contribution in [2.75, 3.05) is 11.9 Å². The molecule has 0 spiro atoms. The Morgan fingerprint density at radius 2 is 2.00 bits per heavy atom. The molecule has 0 saturated carbocycles. The molecule has 0 radical (unpaired) electrons. The molecule has 2 aromatic rings. The molecule has 0 bridgehead atoms. The van der Waals surface area contributed by atoms with E-state index in [4.69, 9.17) is 9.84 Å². The highest BCUT2D eigenvalue weighted by molar-refractivity contribution is 7.14. The molecule has 0 aliphatic heterocycles. The molecule has 5 nitrogen and oxygen atoms in total. The fourth-order valence-corrected chi connectivity index (χ4v) is 2.40. The molecule has 2 N–H and O–H groups in total. The van der Waals surface area contributed by atoms with Gasteiger partial charge in [0.2, 0.25) is 0 Å². The normalized spacial score (nSPS) is 10.1. The van der Waals surface area contributed by atoms with Crippen LogP contribution in [-0.4, -0.2) is 23.6 Å². The molecular weight excluding hydrogens is 278 g/mol. The minimum atomic E-state index is -1.05. The molecule has 104 valence electrons. The second-order valence-electron chi connectivity index (χ2n) is 4.06. The summed E-state index contributed by atoms with van der Waals surface area (Å²) >= 11 is 1.12. The minimum Gasteiger partial charge on any atom is -0.482 e. The number of anilines is 1. The zero-order chi connectivity index (χ0) is 14.5. The molecule has 6 heteroatoms. The van der Waals surface area contributed by atoms with Crippen LogP contribution in [0.3, 0.4) is 0 Å². The van der Waals surface area contributed by atoms with Crippen LogP contribution < -0.4 is 10.1 Å². The van der Waals surface area contributed by atoms with E-state index in [0.29, 0.717) is 5.69 Å². The largest absolute Gasteiger partial charge is 0.482 e. The molecule has 20 heavy (non-hydrogen) atoms. The quantitative estimate of drug-likeness (QED) is 0.888. The number of carboxylic acid groups (broad SMARTS) is 1. The van der Waals surface area contributed by atoms with Gasteiger partial charge in [0.1, 0.15) is 5.75 Å². The first-order chi connectivity index (χ1) is 9.56. The second kappa shape index (κ2) is 6.21. The van der Waals surface area contributed by atoms with Crippen molar-refractivity contribution < 1.29 is 19.4 Å². The van der Waals surface area contributed by atoms with Crippen LogP contribution in [0.5, 0.6) is 5.75 Å². The molecular formula is C14H13NO4S. The number of thiophene rings is 1. The molecule has 0 fully saturated rings. The average Bonchev–Trinajstić information content (AvgIpc) is 2.79. The van der Waals surface area contributed by atoms with Gasteiger partial charge in [-0.3, -0.25) is 4.79 Å². The lowest BCUT2D eigenvalue weighted by Gasteiger charge is -2.06. The molecule has 1 heterocycles. The third kappa shape index (κ3) is 3.58. The van der Waals surface area contributed by atoms with Crippen LogP contribution in [0.15, 0.2) is 36.4 Å². The van der Waals surface area contributed by atoms with Gasteiger partial charge in [-0.15, -0.1) is 11.3 Å². The Balaban J connectivity index is 1.95. The van der Waals surface area contributed by atoms with Crippen LogP contribution in [0.25, 0.3) is 0 Å².